The van der Waals surface area contributed by atoms with Gasteiger partial charge >= 0.3 is 0 Å². The second-order valence-electron chi connectivity index (χ2n) is 3.95. The average Bonchev–Trinajstić information content (AvgIpc) is 2.93. The van der Waals surface area contributed by atoms with E-state index >= 15 is 0 Å². The Morgan fingerprint density at radius 1 is 1.50 bits per heavy atom. The third-order valence-electron chi connectivity index (χ3n) is 2.64. The Kier molecular flexibility index (Phi) is 3.15. The van der Waals surface area contributed by atoms with Gasteiger partial charge in [-0.3, -0.25) is 0 Å². The van der Waals surface area contributed by atoms with Crippen LogP contribution < -0.4 is 5.73 Å². The summed E-state index contributed by atoms with van der Waals surface area (Å²) in [5.41, 5.74) is 7.25. The monoisotopic (exact) mass is 273 g/mol. The second-order valence-corrected chi connectivity index (χ2v) is 5.24. The molecule has 1 fully saturated rings. The third kappa shape index (κ3) is 2.50. The molecule has 1 atom stereocenters. The first-order valence-electron chi connectivity index (χ1n) is 4.87. The summed E-state index contributed by atoms with van der Waals surface area (Å²) in [5.74, 6) is 0.843. The molecule has 0 spiro atoms. The van der Waals surface area contributed by atoms with E-state index in [-0.39, 0.29) is 6.04 Å². The van der Waals surface area contributed by atoms with Gasteiger partial charge in [0, 0.05) is 15.5 Å². The van der Waals surface area contributed by atoms with Crippen LogP contribution in [0.15, 0.2) is 22.7 Å². The molecule has 1 aliphatic carbocycles. The molecule has 0 saturated heterocycles. The maximum atomic E-state index is 6.12. The van der Waals surface area contributed by atoms with Gasteiger partial charge in [0.15, 0.2) is 0 Å². The highest BCUT2D eigenvalue weighted by molar-refractivity contribution is 9.10. The van der Waals surface area contributed by atoms with Crippen molar-refractivity contribution in [1.29, 1.82) is 0 Å². The number of hydrogen-bond donors (Lipinski definition) is 1. The van der Waals surface area contributed by atoms with E-state index in [9.17, 15) is 0 Å². The summed E-state index contributed by atoms with van der Waals surface area (Å²) in [4.78, 5) is 0. The fourth-order valence-corrected chi connectivity index (χ4v) is 2.36. The molecule has 1 nitrogen and oxygen atoms in total. The highest BCUT2D eigenvalue weighted by Gasteiger charge is 2.25. The molecule has 1 aromatic carbocycles. The Balaban J connectivity index is 2.15. The molecule has 14 heavy (non-hydrogen) atoms. The predicted octanol–water partition coefficient (Wildman–Crippen LogP) is 3.90. The molecule has 0 unspecified atom stereocenters. The Hall–Kier alpha value is -0.0500. The van der Waals surface area contributed by atoms with Gasteiger partial charge in [0.25, 0.3) is 0 Å². The van der Waals surface area contributed by atoms with Crippen molar-refractivity contribution in [3.8, 4) is 0 Å². The van der Waals surface area contributed by atoms with Crippen molar-refractivity contribution in [1.82, 2.24) is 0 Å². The average molecular weight is 275 g/mol. The van der Waals surface area contributed by atoms with Gasteiger partial charge in [-0.2, -0.15) is 0 Å². The van der Waals surface area contributed by atoms with Gasteiger partial charge < -0.3 is 5.73 Å². The summed E-state index contributed by atoms with van der Waals surface area (Å²) in [7, 11) is 0. The molecule has 1 aromatic rings. The Morgan fingerprint density at radius 3 is 2.86 bits per heavy atom. The molecular weight excluding hydrogens is 261 g/mol. The summed E-state index contributed by atoms with van der Waals surface area (Å²) in [6.07, 6.45) is 3.76. The van der Waals surface area contributed by atoms with Gasteiger partial charge in [-0.1, -0.05) is 40.4 Å². The normalized spacial score (nSPS) is 18.2. The minimum atomic E-state index is 0.121. The third-order valence-corrected chi connectivity index (χ3v) is 3.60. The first-order valence-corrected chi connectivity index (χ1v) is 6.04. The van der Waals surface area contributed by atoms with E-state index in [1.807, 2.05) is 18.2 Å². The largest absolute Gasteiger partial charge is 0.324 e. The molecule has 0 amide bonds. The van der Waals surface area contributed by atoms with Crippen LogP contribution in [-0.2, 0) is 0 Å². The van der Waals surface area contributed by atoms with Crippen LogP contribution in [0.4, 0.5) is 0 Å². The quantitative estimate of drug-likeness (QED) is 0.889. The standard InChI is InChI=1S/C11H13BrClN/c12-10-4-3-8(13)6-9(10)11(14)5-7-1-2-7/h3-4,6-7,11H,1-2,5,14H2/t11-/m1/s1. The minimum absolute atomic E-state index is 0.121. The zero-order valence-electron chi connectivity index (χ0n) is 7.84. The lowest BCUT2D eigenvalue weighted by Gasteiger charge is -2.13. The van der Waals surface area contributed by atoms with E-state index < -0.39 is 0 Å². The van der Waals surface area contributed by atoms with E-state index in [1.165, 1.54) is 12.8 Å². The summed E-state index contributed by atoms with van der Waals surface area (Å²) < 4.78 is 1.06. The van der Waals surface area contributed by atoms with Crippen LogP contribution in [-0.4, -0.2) is 0 Å². The fourth-order valence-electron chi connectivity index (χ4n) is 1.64. The highest BCUT2D eigenvalue weighted by atomic mass is 79.9. The SMILES string of the molecule is N[C@H](CC1CC1)c1cc(Cl)ccc1Br. The van der Waals surface area contributed by atoms with Crippen LogP contribution in [0.2, 0.25) is 5.02 Å². The highest BCUT2D eigenvalue weighted by Crippen LogP contribution is 2.38. The molecule has 2 rings (SSSR count). The summed E-state index contributed by atoms with van der Waals surface area (Å²) in [5, 5.41) is 0.759. The van der Waals surface area contributed by atoms with Crippen LogP contribution in [0.1, 0.15) is 30.9 Å². The van der Waals surface area contributed by atoms with Gasteiger partial charge in [-0.25, -0.2) is 0 Å². The van der Waals surface area contributed by atoms with Gasteiger partial charge in [-0.05, 0) is 36.1 Å². The number of halogens is 2. The molecule has 0 aromatic heterocycles. The van der Waals surface area contributed by atoms with Crippen molar-refractivity contribution in [2.45, 2.75) is 25.3 Å². The van der Waals surface area contributed by atoms with Crippen LogP contribution in [0.5, 0.6) is 0 Å². The van der Waals surface area contributed by atoms with Crippen LogP contribution in [0.25, 0.3) is 0 Å². The van der Waals surface area contributed by atoms with E-state index in [0.29, 0.717) is 0 Å². The van der Waals surface area contributed by atoms with Crippen LogP contribution in [0, 0.1) is 5.92 Å². The predicted molar refractivity (Wildman–Crippen MR) is 63.4 cm³/mol. The van der Waals surface area contributed by atoms with Gasteiger partial charge in [0.1, 0.15) is 0 Å². The first-order chi connectivity index (χ1) is 6.66. The molecular formula is C11H13BrClN. The van der Waals surface area contributed by atoms with Gasteiger partial charge in [0.2, 0.25) is 0 Å². The molecule has 1 aliphatic rings. The number of nitrogens with two attached hydrogens (primary N) is 1. The summed E-state index contributed by atoms with van der Waals surface area (Å²) in [6, 6.07) is 5.91. The van der Waals surface area contributed by atoms with Crippen molar-refractivity contribution in [2.24, 2.45) is 11.7 Å². The molecule has 3 heteroatoms. The smallest absolute Gasteiger partial charge is 0.0410 e. The number of benzene rings is 1. The van der Waals surface area contributed by atoms with E-state index in [4.69, 9.17) is 17.3 Å². The zero-order chi connectivity index (χ0) is 10.1. The van der Waals surface area contributed by atoms with Crippen molar-refractivity contribution < 1.29 is 0 Å². The van der Waals surface area contributed by atoms with Gasteiger partial charge in [-0.15, -0.1) is 0 Å². The van der Waals surface area contributed by atoms with E-state index in [2.05, 4.69) is 15.9 Å². The van der Waals surface area contributed by atoms with E-state index in [0.717, 1.165) is 27.4 Å². The van der Waals surface area contributed by atoms with Crippen molar-refractivity contribution in [2.75, 3.05) is 0 Å². The zero-order valence-corrected chi connectivity index (χ0v) is 10.2. The van der Waals surface area contributed by atoms with Crippen LogP contribution in [0.3, 0.4) is 0 Å². The summed E-state index contributed by atoms with van der Waals surface area (Å²) >= 11 is 9.44. The van der Waals surface area contributed by atoms with Crippen LogP contribution >= 0.6 is 27.5 Å². The van der Waals surface area contributed by atoms with E-state index in [1.54, 1.807) is 0 Å². The van der Waals surface area contributed by atoms with Crippen molar-refractivity contribution >= 4 is 27.5 Å². The molecule has 0 aliphatic heterocycles. The number of hydrogen-bond acceptors (Lipinski definition) is 1. The topological polar surface area (TPSA) is 26.0 Å². The second kappa shape index (κ2) is 4.21. The number of rotatable bonds is 3. The lowest BCUT2D eigenvalue weighted by molar-refractivity contribution is 0.595. The van der Waals surface area contributed by atoms with Crippen molar-refractivity contribution in [3.63, 3.8) is 0 Å². The molecule has 0 radical (unpaired) electrons. The Labute approximate surface area is 97.8 Å². The molecule has 2 N–H and O–H groups in total. The Bertz CT molecular complexity index is 336. The molecule has 0 bridgehead atoms. The molecule has 1 saturated carbocycles. The van der Waals surface area contributed by atoms with Gasteiger partial charge in [0.05, 0.1) is 0 Å². The maximum Gasteiger partial charge on any atom is 0.0410 e. The minimum Gasteiger partial charge on any atom is -0.324 e. The Morgan fingerprint density at radius 2 is 2.21 bits per heavy atom. The summed E-state index contributed by atoms with van der Waals surface area (Å²) in [6.45, 7) is 0. The van der Waals surface area contributed by atoms with Crippen molar-refractivity contribution in [3.05, 3.63) is 33.3 Å². The lowest BCUT2D eigenvalue weighted by Crippen LogP contribution is -2.11. The molecule has 0 heterocycles. The fraction of sp³-hybridized carbons (Fsp3) is 0.455. The molecule has 76 valence electrons. The lowest BCUT2D eigenvalue weighted by atomic mass is 10.0. The maximum absolute atomic E-state index is 6.12. The first kappa shape index (κ1) is 10.5.